The van der Waals surface area contributed by atoms with Crippen molar-refractivity contribution in [1.29, 1.82) is 0 Å². The van der Waals surface area contributed by atoms with Gasteiger partial charge in [-0.25, -0.2) is 18.6 Å². The van der Waals surface area contributed by atoms with Crippen molar-refractivity contribution in [3.05, 3.63) is 47.8 Å². The van der Waals surface area contributed by atoms with Crippen molar-refractivity contribution in [2.24, 2.45) is 0 Å². The summed E-state index contributed by atoms with van der Waals surface area (Å²) in [4.78, 5) is 20.3. The molecular formula is C21H22F5N5O3. The summed E-state index contributed by atoms with van der Waals surface area (Å²) >= 11 is 0. The largest absolute Gasteiger partial charge is 0.450 e. The standard InChI is InChI=1S/C21H20F5N5O3.H2/c22-14-9-12(30-20(32)28-3-4-31-5-7-33-8-6-31)10-15(23)18(14)34-16-1-2-27-19-17(16)13(11-29-19)21(24,25)26;/h1-2,9-11H,3-8H2,(H,27,29)(H2,28,30,32);1H. The number of fused-ring (bicyclic) bond motifs is 1. The predicted molar refractivity (Wildman–Crippen MR) is 114 cm³/mol. The third kappa shape index (κ3) is 5.37. The molecular weight excluding hydrogens is 465 g/mol. The van der Waals surface area contributed by atoms with E-state index < -0.39 is 46.3 Å². The number of carbonyl (C=O) groups excluding carboxylic acids is 1. The number of ether oxygens (including phenoxy) is 2. The third-order valence-electron chi connectivity index (χ3n) is 5.13. The highest BCUT2D eigenvalue weighted by atomic mass is 19.4. The third-order valence-corrected chi connectivity index (χ3v) is 5.13. The van der Waals surface area contributed by atoms with E-state index in [0.717, 1.165) is 37.5 Å². The lowest BCUT2D eigenvalue weighted by atomic mass is 10.2. The Morgan fingerprint density at radius 3 is 2.62 bits per heavy atom. The molecule has 34 heavy (non-hydrogen) atoms. The van der Waals surface area contributed by atoms with Crippen LogP contribution in [0.5, 0.6) is 11.5 Å². The maximum Gasteiger partial charge on any atom is 0.418 e. The second kappa shape index (κ2) is 9.81. The first-order chi connectivity index (χ1) is 16.2. The molecule has 1 aliphatic heterocycles. The molecule has 1 aliphatic rings. The normalized spacial score (nSPS) is 14.9. The van der Waals surface area contributed by atoms with E-state index in [2.05, 4.69) is 25.5 Å². The van der Waals surface area contributed by atoms with Crippen LogP contribution >= 0.6 is 0 Å². The topological polar surface area (TPSA) is 91.5 Å². The molecule has 0 saturated carbocycles. The number of rotatable bonds is 6. The van der Waals surface area contributed by atoms with E-state index in [9.17, 15) is 26.7 Å². The van der Waals surface area contributed by atoms with Crippen molar-refractivity contribution in [1.82, 2.24) is 20.2 Å². The van der Waals surface area contributed by atoms with Gasteiger partial charge in [-0.2, -0.15) is 13.2 Å². The Labute approximate surface area is 191 Å². The zero-order chi connectivity index (χ0) is 24.3. The number of aromatic amines is 1. The molecule has 0 unspecified atom stereocenters. The number of urea groups is 1. The number of pyridine rings is 1. The average Bonchev–Trinajstić information content (AvgIpc) is 3.23. The highest BCUT2D eigenvalue weighted by Crippen LogP contribution is 2.40. The Balaban J connectivity index is 0.00000342. The van der Waals surface area contributed by atoms with Gasteiger partial charge in [0, 0.05) is 57.8 Å². The summed E-state index contributed by atoms with van der Waals surface area (Å²) in [7, 11) is 0. The lowest BCUT2D eigenvalue weighted by molar-refractivity contribution is -0.136. The zero-order valence-corrected chi connectivity index (χ0v) is 17.6. The number of anilines is 1. The summed E-state index contributed by atoms with van der Waals surface area (Å²) in [5.41, 5.74) is -1.43. The van der Waals surface area contributed by atoms with Gasteiger partial charge in [0.1, 0.15) is 11.4 Å². The minimum Gasteiger partial charge on any atom is -0.450 e. The van der Waals surface area contributed by atoms with Crippen LogP contribution in [0.2, 0.25) is 0 Å². The van der Waals surface area contributed by atoms with Crippen LogP contribution in [0.15, 0.2) is 30.6 Å². The number of amides is 2. The fraction of sp³-hybridized carbons (Fsp3) is 0.333. The predicted octanol–water partition coefficient (Wildman–Crippen LogP) is 4.35. The van der Waals surface area contributed by atoms with Crippen LogP contribution in [-0.4, -0.2) is 60.3 Å². The maximum atomic E-state index is 14.6. The van der Waals surface area contributed by atoms with Crippen LogP contribution in [0.4, 0.5) is 32.4 Å². The molecule has 1 fully saturated rings. The van der Waals surface area contributed by atoms with E-state index in [4.69, 9.17) is 9.47 Å². The maximum absolute atomic E-state index is 14.6. The molecule has 0 bridgehead atoms. The van der Waals surface area contributed by atoms with Crippen molar-refractivity contribution in [3.63, 3.8) is 0 Å². The van der Waals surface area contributed by atoms with Crippen LogP contribution < -0.4 is 15.4 Å². The molecule has 0 radical (unpaired) electrons. The van der Waals surface area contributed by atoms with Gasteiger partial charge in [-0.15, -0.1) is 0 Å². The molecule has 3 aromatic rings. The molecule has 4 rings (SSSR count). The summed E-state index contributed by atoms with van der Waals surface area (Å²) in [5.74, 6) is -3.77. The summed E-state index contributed by atoms with van der Waals surface area (Å²) < 4.78 is 79.5. The average molecular weight is 487 g/mol. The van der Waals surface area contributed by atoms with Crippen molar-refractivity contribution in [2.45, 2.75) is 6.18 Å². The monoisotopic (exact) mass is 487 g/mol. The van der Waals surface area contributed by atoms with Crippen molar-refractivity contribution in [2.75, 3.05) is 44.7 Å². The summed E-state index contributed by atoms with van der Waals surface area (Å²) in [5, 5.41) is 4.44. The molecule has 2 aromatic heterocycles. The van der Waals surface area contributed by atoms with Crippen LogP contribution in [0, 0.1) is 11.6 Å². The summed E-state index contributed by atoms with van der Waals surface area (Å²) in [6, 6.07) is 2.01. The first kappa shape index (κ1) is 23.7. The number of benzene rings is 1. The van der Waals surface area contributed by atoms with Crippen LogP contribution in [-0.2, 0) is 10.9 Å². The van der Waals surface area contributed by atoms with Gasteiger partial charge in [0.2, 0.25) is 0 Å². The number of aromatic nitrogens is 2. The number of H-pyrrole nitrogens is 1. The Morgan fingerprint density at radius 2 is 1.94 bits per heavy atom. The van der Waals surface area contributed by atoms with E-state index >= 15 is 0 Å². The SMILES string of the molecule is O=C(NCCN1CCOCC1)Nc1cc(F)c(Oc2ccnc3[nH]cc(C(F)(F)F)c23)c(F)c1.[HH]. The lowest BCUT2D eigenvalue weighted by Crippen LogP contribution is -2.42. The molecule has 13 heteroatoms. The second-order valence-corrected chi connectivity index (χ2v) is 7.44. The zero-order valence-electron chi connectivity index (χ0n) is 17.6. The fourth-order valence-corrected chi connectivity index (χ4v) is 3.50. The molecule has 1 saturated heterocycles. The molecule has 3 N–H and O–H groups in total. The van der Waals surface area contributed by atoms with Gasteiger partial charge in [-0.3, -0.25) is 4.90 Å². The van der Waals surface area contributed by atoms with Gasteiger partial charge in [-0.1, -0.05) is 0 Å². The van der Waals surface area contributed by atoms with Crippen molar-refractivity contribution >= 4 is 22.8 Å². The van der Waals surface area contributed by atoms with Crippen molar-refractivity contribution in [3.8, 4) is 11.5 Å². The van der Waals surface area contributed by atoms with Crippen LogP contribution in [0.3, 0.4) is 0 Å². The Kier molecular flexibility index (Phi) is 6.84. The number of alkyl halides is 3. The second-order valence-electron chi connectivity index (χ2n) is 7.44. The quantitative estimate of drug-likeness (QED) is 0.450. The number of halogens is 5. The van der Waals surface area contributed by atoms with E-state index in [0.29, 0.717) is 32.5 Å². The first-order valence-corrected chi connectivity index (χ1v) is 10.3. The van der Waals surface area contributed by atoms with E-state index in [1.54, 1.807) is 0 Å². The molecule has 3 heterocycles. The molecule has 184 valence electrons. The number of nitrogens with zero attached hydrogens (tertiary/aromatic N) is 2. The highest BCUT2D eigenvalue weighted by molar-refractivity contribution is 5.89. The number of hydrogen-bond donors (Lipinski definition) is 3. The smallest absolute Gasteiger partial charge is 0.418 e. The molecule has 8 nitrogen and oxygen atoms in total. The van der Waals surface area contributed by atoms with Gasteiger partial charge in [0.15, 0.2) is 17.4 Å². The minimum atomic E-state index is -4.74. The Hall–Kier alpha value is -3.45. The summed E-state index contributed by atoms with van der Waals surface area (Å²) in [6.45, 7) is 3.63. The Morgan fingerprint density at radius 1 is 1.24 bits per heavy atom. The first-order valence-electron chi connectivity index (χ1n) is 10.3. The number of carbonyl (C=O) groups is 1. The number of hydrogen-bond acceptors (Lipinski definition) is 5. The van der Waals surface area contributed by atoms with Crippen LogP contribution in [0.25, 0.3) is 11.0 Å². The van der Waals surface area contributed by atoms with Crippen molar-refractivity contribution < 1.29 is 37.6 Å². The molecule has 1 aromatic carbocycles. The minimum absolute atomic E-state index is 0. The lowest BCUT2D eigenvalue weighted by Gasteiger charge is -2.26. The molecule has 0 aliphatic carbocycles. The van der Waals surface area contributed by atoms with Crippen LogP contribution in [0.1, 0.15) is 6.99 Å². The molecule has 0 spiro atoms. The molecule has 2 amide bonds. The Bertz CT molecular complexity index is 1160. The van der Waals surface area contributed by atoms with E-state index in [1.165, 1.54) is 0 Å². The highest BCUT2D eigenvalue weighted by Gasteiger charge is 2.35. The van der Waals surface area contributed by atoms with Gasteiger partial charge >= 0.3 is 12.2 Å². The van der Waals surface area contributed by atoms with Gasteiger partial charge in [0.05, 0.1) is 24.2 Å². The van der Waals surface area contributed by atoms with E-state index in [1.807, 2.05) is 0 Å². The number of morpholine rings is 1. The fourth-order valence-electron chi connectivity index (χ4n) is 3.50. The van der Waals surface area contributed by atoms with Gasteiger partial charge < -0.3 is 25.1 Å². The summed E-state index contributed by atoms with van der Waals surface area (Å²) in [6.07, 6.45) is -2.90. The number of nitrogens with one attached hydrogen (secondary N) is 3. The van der Waals surface area contributed by atoms with Gasteiger partial charge in [-0.05, 0) is 6.07 Å². The molecule has 0 atom stereocenters. The van der Waals surface area contributed by atoms with Gasteiger partial charge in [0.25, 0.3) is 0 Å². The van der Waals surface area contributed by atoms with E-state index in [-0.39, 0.29) is 12.8 Å².